The summed E-state index contributed by atoms with van der Waals surface area (Å²) in [4.78, 5) is 12.3. The molecule has 0 fully saturated rings. The summed E-state index contributed by atoms with van der Waals surface area (Å²) in [6, 6.07) is 16.3. The number of carbonyl (C=O) groups is 1. The van der Waals surface area contributed by atoms with Crippen molar-refractivity contribution in [1.82, 2.24) is 5.32 Å². The van der Waals surface area contributed by atoms with Crippen LogP contribution < -0.4 is 5.32 Å². The summed E-state index contributed by atoms with van der Waals surface area (Å²) in [5.74, 6) is -0.212. The van der Waals surface area contributed by atoms with Gasteiger partial charge in [0.1, 0.15) is 0 Å². The maximum absolute atomic E-state index is 12.3. The van der Waals surface area contributed by atoms with Gasteiger partial charge in [0.2, 0.25) is 0 Å². The van der Waals surface area contributed by atoms with Crippen LogP contribution >= 0.6 is 0 Å². The Labute approximate surface area is 124 Å². The summed E-state index contributed by atoms with van der Waals surface area (Å²) >= 11 is 0. The highest BCUT2D eigenvalue weighted by Gasteiger charge is 2.14. The molecule has 0 saturated heterocycles. The van der Waals surface area contributed by atoms with E-state index >= 15 is 0 Å². The molecule has 0 unspecified atom stereocenters. The molecule has 0 aliphatic heterocycles. The molecule has 0 heterocycles. The van der Waals surface area contributed by atoms with Crippen molar-refractivity contribution in [3.05, 3.63) is 71.3 Å². The van der Waals surface area contributed by atoms with E-state index in [0.717, 1.165) is 11.1 Å². The maximum atomic E-state index is 12.3. The number of benzene rings is 2. The molecular weight excluding hydrogens is 266 g/mol. The van der Waals surface area contributed by atoms with Crippen LogP contribution in [-0.2, 0) is 11.3 Å². The molecule has 110 valence electrons. The predicted octanol–water partition coefficient (Wildman–Crippen LogP) is 2.30. The lowest BCUT2D eigenvalue weighted by molar-refractivity contribution is 0.0916. The van der Waals surface area contributed by atoms with Crippen LogP contribution in [-0.4, -0.2) is 24.7 Å². The van der Waals surface area contributed by atoms with Gasteiger partial charge in [-0.3, -0.25) is 4.79 Å². The van der Waals surface area contributed by atoms with E-state index < -0.39 is 6.04 Å². The number of hydrogen-bond donors (Lipinski definition) is 2. The molecule has 0 aromatic heterocycles. The number of amides is 1. The molecule has 1 atom stereocenters. The molecular formula is C17H19NO3. The van der Waals surface area contributed by atoms with E-state index in [1.54, 1.807) is 19.2 Å². The summed E-state index contributed by atoms with van der Waals surface area (Å²) in [5.41, 5.74) is 2.37. The maximum Gasteiger partial charge on any atom is 0.251 e. The van der Waals surface area contributed by atoms with Gasteiger partial charge in [0.25, 0.3) is 5.91 Å². The van der Waals surface area contributed by atoms with Crippen LogP contribution in [0.5, 0.6) is 0 Å². The molecule has 2 rings (SSSR count). The topological polar surface area (TPSA) is 58.6 Å². The summed E-state index contributed by atoms with van der Waals surface area (Å²) in [6.45, 7) is 0.316. The second-order valence-corrected chi connectivity index (χ2v) is 4.75. The van der Waals surface area contributed by atoms with Crippen LogP contribution in [0.2, 0.25) is 0 Å². The van der Waals surface area contributed by atoms with Crippen LogP contribution in [0.3, 0.4) is 0 Å². The third-order valence-corrected chi connectivity index (χ3v) is 3.19. The first-order valence-electron chi connectivity index (χ1n) is 6.79. The Bertz CT molecular complexity index is 584. The van der Waals surface area contributed by atoms with Crippen molar-refractivity contribution in [3.8, 4) is 0 Å². The zero-order valence-corrected chi connectivity index (χ0v) is 12.0. The standard InChI is InChI=1S/C17H19NO3/c1-21-12-13-6-5-9-15(10-13)17(20)18-16(11-19)14-7-3-2-4-8-14/h2-10,16,19H,11-12H2,1H3,(H,18,20)/t16-/m0/s1. The SMILES string of the molecule is COCc1cccc(C(=O)N[C@@H](CO)c2ccccc2)c1. The van der Waals surface area contributed by atoms with Crippen LogP contribution in [0, 0.1) is 0 Å². The smallest absolute Gasteiger partial charge is 0.251 e. The van der Waals surface area contributed by atoms with Gasteiger partial charge in [0.15, 0.2) is 0 Å². The van der Waals surface area contributed by atoms with Crippen molar-refractivity contribution in [2.24, 2.45) is 0 Å². The molecule has 4 nitrogen and oxygen atoms in total. The summed E-state index contributed by atoms with van der Waals surface area (Å²) in [7, 11) is 1.62. The number of nitrogens with one attached hydrogen (secondary N) is 1. The van der Waals surface area contributed by atoms with Crippen molar-refractivity contribution in [1.29, 1.82) is 0 Å². The Morgan fingerprint density at radius 2 is 1.95 bits per heavy atom. The summed E-state index contributed by atoms with van der Waals surface area (Å²) in [6.07, 6.45) is 0. The van der Waals surface area contributed by atoms with E-state index in [0.29, 0.717) is 12.2 Å². The van der Waals surface area contributed by atoms with Gasteiger partial charge >= 0.3 is 0 Å². The van der Waals surface area contributed by atoms with Gasteiger partial charge < -0.3 is 15.2 Å². The van der Waals surface area contributed by atoms with E-state index in [1.807, 2.05) is 42.5 Å². The van der Waals surface area contributed by atoms with Crippen LogP contribution in [0.1, 0.15) is 27.5 Å². The van der Waals surface area contributed by atoms with Crippen molar-refractivity contribution in [3.63, 3.8) is 0 Å². The van der Waals surface area contributed by atoms with Crippen LogP contribution in [0.15, 0.2) is 54.6 Å². The predicted molar refractivity (Wildman–Crippen MR) is 80.9 cm³/mol. The Balaban J connectivity index is 2.11. The highest BCUT2D eigenvalue weighted by atomic mass is 16.5. The van der Waals surface area contributed by atoms with E-state index in [1.165, 1.54) is 0 Å². The second-order valence-electron chi connectivity index (χ2n) is 4.75. The van der Waals surface area contributed by atoms with Gasteiger partial charge in [-0.15, -0.1) is 0 Å². The fraction of sp³-hybridized carbons (Fsp3) is 0.235. The monoisotopic (exact) mass is 285 g/mol. The van der Waals surface area contributed by atoms with Crippen molar-refractivity contribution in [2.75, 3.05) is 13.7 Å². The second kappa shape index (κ2) is 7.57. The van der Waals surface area contributed by atoms with Crippen molar-refractivity contribution in [2.45, 2.75) is 12.6 Å². The lowest BCUT2D eigenvalue weighted by Crippen LogP contribution is -2.30. The van der Waals surface area contributed by atoms with Gasteiger partial charge in [0, 0.05) is 12.7 Å². The molecule has 21 heavy (non-hydrogen) atoms. The average molecular weight is 285 g/mol. The number of ether oxygens (including phenoxy) is 1. The summed E-state index contributed by atoms with van der Waals surface area (Å²) < 4.78 is 5.06. The fourth-order valence-corrected chi connectivity index (χ4v) is 2.13. The molecule has 0 bridgehead atoms. The minimum absolute atomic E-state index is 0.145. The van der Waals surface area contributed by atoms with E-state index in [2.05, 4.69) is 5.32 Å². The number of aliphatic hydroxyl groups is 1. The van der Waals surface area contributed by atoms with Crippen molar-refractivity contribution >= 4 is 5.91 Å². The molecule has 0 aliphatic rings. The first-order chi connectivity index (χ1) is 10.2. The van der Waals surface area contributed by atoms with Gasteiger partial charge in [-0.1, -0.05) is 42.5 Å². The first kappa shape index (κ1) is 15.2. The molecule has 2 N–H and O–H groups in total. The van der Waals surface area contributed by atoms with Gasteiger partial charge in [0.05, 0.1) is 19.3 Å². The third kappa shape index (κ3) is 4.15. The average Bonchev–Trinajstić information content (AvgIpc) is 2.54. The lowest BCUT2D eigenvalue weighted by Gasteiger charge is -2.17. The molecule has 4 heteroatoms. The molecule has 0 radical (unpaired) electrons. The van der Waals surface area contributed by atoms with Gasteiger partial charge in [-0.25, -0.2) is 0 Å². The van der Waals surface area contributed by atoms with Gasteiger partial charge in [-0.2, -0.15) is 0 Å². The Morgan fingerprint density at radius 3 is 2.62 bits per heavy atom. The zero-order valence-electron chi connectivity index (χ0n) is 12.0. The molecule has 0 aliphatic carbocycles. The Morgan fingerprint density at radius 1 is 1.19 bits per heavy atom. The minimum Gasteiger partial charge on any atom is -0.394 e. The number of aliphatic hydroxyl groups excluding tert-OH is 1. The molecule has 2 aromatic rings. The minimum atomic E-state index is -0.412. The first-order valence-corrected chi connectivity index (χ1v) is 6.79. The van der Waals surface area contributed by atoms with E-state index in [4.69, 9.17) is 4.74 Å². The molecule has 0 saturated carbocycles. The fourth-order valence-electron chi connectivity index (χ4n) is 2.13. The quantitative estimate of drug-likeness (QED) is 0.856. The number of hydrogen-bond acceptors (Lipinski definition) is 3. The number of methoxy groups -OCH3 is 1. The lowest BCUT2D eigenvalue weighted by atomic mass is 10.1. The highest BCUT2D eigenvalue weighted by Crippen LogP contribution is 2.13. The highest BCUT2D eigenvalue weighted by molar-refractivity contribution is 5.94. The number of carbonyl (C=O) groups excluding carboxylic acids is 1. The van der Waals surface area contributed by atoms with E-state index in [9.17, 15) is 9.90 Å². The Hall–Kier alpha value is -2.17. The zero-order chi connectivity index (χ0) is 15.1. The third-order valence-electron chi connectivity index (χ3n) is 3.19. The molecule has 1 amide bonds. The van der Waals surface area contributed by atoms with E-state index in [-0.39, 0.29) is 12.5 Å². The van der Waals surface area contributed by atoms with Crippen LogP contribution in [0.4, 0.5) is 0 Å². The summed E-state index contributed by atoms with van der Waals surface area (Å²) in [5, 5.41) is 12.3. The largest absolute Gasteiger partial charge is 0.394 e. The molecule has 2 aromatic carbocycles. The normalized spacial score (nSPS) is 11.9. The molecule has 0 spiro atoms. The number of rotatable bonds is 6. The Kier molecular flexibility index (Phi) is 5.49. The van der Waals surface area contributed by atoms with Crippen molar-refractivity contribution < 1.29 is 14.6 Å². The van der Waals surface area contributed by atoms with Crippen LogP contribution in [0.25, 0.3) is 0 Å². The van der Waals surface area contributed by atoms with Gasteiger partial charge in [-0.05, 0) is 23.3 Å².